The van der Waals surface area contributed by atoms with E-state index < -0.39 is 25.8 Å². The monoisotopic (exact) mass is 363 g/mol. The Kier molecular flexibility index (Phi) is 5.24. The molecule has 0 fully saturated rings. The summed E-state index contributed by atoms with van der Waals surface area (Å²) in [5, 5.41) is 3.56. The summed E-state index contributed by atoms with van der Waals surface area (Å²) in [5.74, 6) is 0.203. The first-order chi connectivity index (χ1) is 10.7. The summed E-state index contributed by atoms with van der Waals surface area (Å²) in [5.41, 5.74) is 0.216. The second-order valence-corrected chi connectivity index (χ2v) is 8.40. The van der Waals surface area contributed by atoms with Crippen molar-refractivity contribution in [3.8, 4) is 0 Å². The highest BCUT2D eigenvalue weighted by Gasteiger charge is 2.24. The van der Waals surface area contributed by atoms with Gasteiger partial charge in [0.2, 0.25) is 20.0 Å². The Labute approximate surface area is 134 Å². The van der Waals surface area contributed by atoms with E-state index in [-0.39, 0.29) is 29.4 Å². The lowest BCUT2D eigenvalue weighted by molar-refractivity contribution is 0.390. The van der Waals surface area contributed by atoms with E-state index >= 15 is 0 Å². The van der Waals surface area contributed by atoms with Crippen LogP contribution in [0.5, 0.6) is 0 Å². The quantitative estimate of drug-likeness (QED) is 0.688. The first-order valence-electron chi connectivity index (χ1n) is 6.63. The van der Waals surface area contributed by atoms with Crippen molar-refractivity contribution in [2.45, 2.75) is 25.3 Å². The van der Waals surface area contributed by atoms with Gasteiger partial charge in [0.15, 0.2) is 5.76 Å². The van der Waals surface area contributed by atoms with Crippen molar-refractivity contribution in [2.24, 2.45) is 0 Å². The Bertz CT molecular complexity index is 833. The van der Waals surface area contributed by atoms with Crippen molar-refractivity contribution in [3.05, 3.63) is 35.6 Å². The third-order valence-electron chi connectivity index (χ3n) is 2.95. The SMILES string of the molecule is Cc1noc(C)c1S(=O)(=O)NCCS(=O)(=O)NCc1ccco1. The molecule has 0 aromatic carbocycles. The number of aromatic nitrogens is 1. The summed E-state index contributed by atoms with van der Waals surface area (Å²) >= 11 is 0. The van der Waals surface area contributed by atoms with Gasteiger partial charge in [-0.2, -0.15) is 0 Å². The summed E-state index contributed by atoms with van der Waals surface area (Å²) in [6, 6.07) is 3.27. The van der Waals surface area contributed by atoms with Gasteiger partial charge in [-0.15, -0.1) is 0 Å². The normalized spacial score (nSPS) is 12.6. The van der Waals surface area contributed by atoms with Gasteiger partial charge in [-0.1, -0.05) is 5.16 Å². The van der Waals surface area contributed by atoms with Crippen LogP contribution in [0.1, 0.15) is 17.2 Å². The predicted octanol–water partition coefficient (Wildman–Crippen LogP) is 0.282. The molecule has 23 heavy (non-hydrogen) atoms. The molecule has 0 radical (unpaired) electrons. The fourth-order valence-corrected chi connectivity index (χ4v) is 4.27. The second-order valence-electron chi connectivity index (χ2n) is 4.77. The first kappa shape index (κ1) is 17.7. The molecule has 0 amide bonds. The number of nitrogens with zero attached hydrogens (tertiary/aromatic N) is 1. The number of hydrogen-bond acceptors (Lipinski definition) is 7. The van der Waals surface area contributed by atoms with Crippen LogP contribution in [0.2, 0.25) is 0 Å². The van der Waals surface area contributed by atoms with E-state index in [2.05, 4.69) is 14.6 Å². The molecule has 2 N–H and O–H groups in total. The maximum Gasteiger partial charge on any atom is 0.245 e. The van der Waals surface area contributed by atoms with Crippen molar-refractivity contribution < 1.29 is 25.8 Å². The molecule has 9 nitrogen and oxygen atoms in total. The van der Waals surface area contributed by atoms with Crippen molar-refractivity contribution in [1.29, 1.82) is 0 Å². The molecule has 0 aliphatic heterocycles. The molecule has 0 saturated heterocycles. The third-order valence-corrected chi connectivity index (χ3v) is 5.98. The number of hydrogen-bond donors (Lipinski definition) is 2. The molecular formula is C12H17N3O6S2. The zero-order valence-corrected chi connectivity index (χ0v) is 14.2. The van der Waals surface area contributed by atoms with Gasteiger partial charge in [-0.3, -0.25) is 0 Å². The van der Waals surface area contributed by atoms with E-state index in [9.17, 15) is 16.8 Å². The number of furan rings is 1. The van der Waals surface area contributed by atoms with Crippen LogP contribution in [0.4, 0.5) is 0 Å². The van der Waals surface area contributed by atoms with Gasteiger partial charge in [0.05, 0.1) is 18.6 Å². The Morgan fingerprint density at radius 1 is 1.17 bits per heavy atom. The lowest BCUT2D eigenvalue weighted by Gasteiger charge is -2.07. The Hall–Kier alpha value is -1.69. The zero-order chi connectivity index (χ0) is 17.1. The first-order valence-corrected chi connectivity index (χ1v) is 9.77. The lowest BCUT2D eigenvalue weighted by Crippen LogP contribution is -2.34. The van der Waals surface area contributed by atoms with Gasteiger partial charge < -0.3 is 8.94 Å². The fraction of sp³-hybridized carbons (Fsp3) is 0.417. The number of nitrogens with one attached hydrogen (secondary N) is 2. The molecule has 0 aliphatic rings. The predicted molar refractivity (Wildman–Crippen MR) is 80.5 cm³/mol. The average molecular weight is 363 g/mol. The highest BCUT2D eigenvalue weighted by Crippen LogP contribution is 2.18. The molecule has 11 heteroatoms. The van der Waals surface area contributed by atoms with Crippen molar-refractivity contribution in [2.75, 3.05) is 12.3 Å². The van der Waals surface area contributed by atoms with E-state index in [1.54, 1.807) is 12.1 Å². The minimum atomic E-state index is -3.88. The Morgan fingerprint density at radius 2 is 1.91 bits per heavy atom. The molecule has 2 rings (SSSR count). The summed E-state index contributed by atoms with van der Waals surface area (Å²) in [6.07, 6.45) is 1.43. The van der Waals surface area contributed by atoms with Crippen LogP contribution in [0, 0.1) is 13.8 Å². The van der Waals surface area contributed by atoms with Crippen LogP contribution < -0.4 is 9.44 Å². The second kappa shape index (κ2) is 6.83. The maximum absolute atomic E-state index is 12.1. The van der Waals surface area contributed by atoms with Crippen LogP contribution in [0.3, 0.4) is 0 Å². The minimum absolute atomic E-state index is 0.00590. The number of aryl methyl sites for hydroxylation is 2. The van der Waals surface area contributed by atoms with E-state index in [4.69, 9.17) is 8.94 Å². The largest absolute Gasteiger partial charge is 0.468 e. The van der Waals surface area contributed by atoms with Crippen LogP contribution >= 0.6 is 0 Å². The molecule has 0 saturated carbocycles. The number of rotatable bonds is 8. The van der Waals surface area contributed by atoms with Crippen LogP contribution in [0.25, 0.3) is 0 Å². The molecule has 2 aromatic heterocycles. The van der Waals surface area contributed by atoms with Crippen LogP contribution in [-0.2, 0) is 26.6 Å². The number of sulfonamides is 2. The topological polar surface area (TPSA) is 132 Å². The Balaban J connectivity index is 1.91. The van der Waals surface area contributed by atoms with E-state index in [1.807, 2.05) is 0 Å². The molecule has 0 bridgehead atoms. The van der Waals surface area contributed by atoms with Gasteiger partial charge in [0, 0.05) is 6.54 Å². The summed E-state index contributed by atoms with van der Waals surface area (Å²) in [4.78, 5) is -0.0709. The molecular weight excluding hydrogens is 346 g/mol. The summed E-state index contributed by atoms with van der Waals surface area (Å²) in [7, 11) is -7.52. The maximum atomic E-state index is 12.1. The standard InChI is InChI=1S/C12H17N3O6S2/c1-9-12(10(2)21-15-9)23(18,19)13-5-7-22(16,17)14-8-11-4-3-6-20-11/h3-4,6,13-14H,5,7-8H2,1-2H3. The van der Waals surface area contributed by atoms with Gasteiger partial charge in [0.25, 0.3) is 0 Å². The summed E-state index contributed by atoms with van der Waals surface area (Å²) in [6.45, 7) is 2.69. The molecule has 2 heterocycles. The Morgan fingerprint density at radius 3 is 2.48 bits per heavy atom. The van der Waals surface area contributed by atoms with E-state index in [0.717, 1.165) is 0 Å². The third kappa shape index (κ3) is 4.64. The molecule has 0 spiro atoms. The lowest BCUT2D eigenvalue weighted by atomic mass is 10.4. The minimum Gasteiger partial charge on any atom is -0.468 e. The van der Waals surface area contributed by atoms with Crippen molar-refractivity contribution >= 4 is 20.0 Å². The highest BCUT2D eigenvalue weighted by atomic mass is 32.2. The average Bonchev–Trinajstić information content (AvgIpc) is 3.06. The van der Waals surface area contributed by atoms with Crippen LogP contribution in [-0.4, -0.2) is 34.3 Å². The van der Waals surface area contributed by atoms with Gasteiger partial charge in [-0.05, 0) is 26.0 Å². The van der Waals surface area contributed by atoms with Crippen molar-refractivity contribution in [1.82, 2.24) is 14.6 Å². The van der Waals surface area contributed by atoms with E-state index in [1.165, 1.54) is 20.1 Å². The van der Waals surface area contributed by atoms with Crippen molar-refractivity contribution in [3.63, 3.8) is 0 Å². The fourth-order valence-electron chi connectivity index (χ4n) is 1.91. The van der Waals surface area contributed by atoms with E-state index in [0.29, 0.717) is 5.76 Å². The molecule has 128 valence electrons. The smallest absolute Gasteiger partial charge is 0.245 e. The molecule has 2 aromatic rings. The van der Waals surface area contributed by atoms with Gasteiger partial charge >= 0.3 is 0 Å². The highest BCUT2D eigenvalue weighted by molar-refractivity contribution is 7.90. The van der Waals surface area contributed by atoms with Gasteiger partial charge in [-0.25, -0.2) is 26.3 Å². The molecule has 0 unspecified atom stereocenters. The zero-order valence-electron chi connectivity index (χ0n) is 12.6. The summed E-state index contributed by atoms with van der Waals surface area (Å²) < 4.78 is 62.2. The molecule has 0 aliphatic carbocycles. The van der Waals surface area contributed by atoms with Gasteiger partial charge in [0.1, 0.15) is 16.3 Å². The molecule has 0 atom stereocenters. The van der Waals surface area contributed by atoms with Crippen LogP contribution in [0.15, 0.2) is 32.2 Å².